The molecule has 0 radical (unpaired) electrons. The van der Waals surface area contributed by atoms with E-state index in [1.807, 2.05) is 0 Å². The van der Waals surface area contributed by atoms with Gasteiger partial charge in [0.2, 0.25) is 5.91 Å². The molecule has 1 saturated heterocycles. The number of amides is 4. The number of imide groups is 1. The minimum Gasteiger partial charge on any atom is -0.323 e. The SMILES string of the molecule is CC1(c2ccc(F)cc2)NC(=O)N(CC(=O)Nc2cc(Cl)ccc2-n2cncn2)C1=O. The maximum Gasteiger partial charge on any atom is 0.325 e. The van der Waals surface area contributed by atoms with Crippen molar-refractivity contribution in [2.45, 2.75) is 12.5 Å². The van der Waals surface area contributed by atoms with Crippen LogP contribution in [0.15, 0.2) is 55.1 Å². The highest BCUT2D eigenvalue weighted by atomic mass is 35.5. The van der Waals surface area contributed by atoms with Crippen LogP contribution in [-0.2, 0) is 15.1 Å². The van der Waals surface area contributed by atoms with E-state index >= 15 is 0 Å². The number of hydrogen-bond donors (Lipinski definition) is 2. The van der Waals surface area contributed by atoms with E-state index in [0.717, 1.165) is 4.90 Å². The Morgan fingerprint density at radius 2 is 1.97 bits per heavy atom. The summed E-state index contributed by atoms with van der Waals surface area (Å²) in [5, 5.41) is 9.62. The minimum absolute atomic E-state index is 0.330. The van der Waals surface area contributed by atoms with Crippen molar-refractivity contribution in [3.05, 3.63) is 71.5 Å². The zero-order valence-electron chi connectivity index (χ0n) is 16.2. The zero-order valence-corrected chi connectivity index (χ0v) is 16.9. The van der Waals surface area contributed by atoms with Gasteiger partial charge in [0.05, 0.1) is 11.4 Å². The van der Waals surface area contributed by atoms with Crippen LogP contribution in [0.5, 0.6) is 0 Å². The van der Waals surface area contributed by atoms with Gasteiger partial charge in [-0.3, -0.25) is 14.5 Å². The van der Waals surface area contributed by atoms with Crippen LogP contribution in [0, 0.1) is 5.82 Å². The van der Waals surface area contributed by atoms with Gasteiger partial charge in [0.25, 0.3) is 5.91 Å². The highest BCUT2D eigenvalue weighted by molar-refractivity contribution is 6.31. The van der Waals surface area contributed by atoms with Crippen molar-refractivity contribution in [3.8, 4) is 5.69 Å². The van der Waals surface area contributed by atoms with Crippen LogP contribution < -0.4 is 10.6 Å². The van der Waals surface area contributed by atoms with Gasteiger partial charge in [0.1, 0.15) is 30.6 Å². The molecule has 1 aliphatic rings. The maximum atomic E-state index is 13.2. The van der Waals surface area contributed by atoms with E-state index in [1.54, 1.807) is 12.1 Å². The summed E-state index contributed by atoms with van der Waals surface area (Å²) in [7, 11) is 0. The van der Waals surface area contributed by atoms with Crippen LogP contribution in [-0.4, -0.2) is 44.1 Å². The Labute approximate surface area is 180 Å². The summed E-state index contributed by atoms with van der Waals surface area (Å²) in [5.41, 5.74) is -0.175. The molecule has 1 aromatic heterocycles. The van der Waals surface area contributed by atoms with Crippen LogP contribution in [0.4, 0.5) is 14.9 Å². The lowest BCUT2D eigenvalue weighted by molar-refractivity contribution is -0.133. The Morgan fingerprint density at radius 1 is 1.23 bits per heavy atom. The van der Waals surface area contributed by atoms with E-state index in [-0.39, 0.29) is 0 Å². The third kappa shape index (κ3) is 3.84. The highest BCUT2D eigenvalue weighted by Gasteiger charge is 2.49. The van der Waals surface area contributed by atoms with Crippen LogP contribution in [0.1, 0.15) is 12.5 Å². The predicted octanol–water partition coefficient (Wildman–Crippen LogP) is 2.47. The predicted molar refractivity (Wildman–Crippen MR) is 109 cm³/mol. The molecule has 1 aliphatic heterocycles. The fourth-order valence-electron chi connectivity index (χ4n) is 3.29. The normalized spacial score (nSPS) is 18.2. The molecule has 9 nitrogen and oxygen atoms in total. The van der Waals surface area contributed by atoms with Gasteiger partial charge >= 0.3 is 6.03 Å². The molecule has 2 heterocycles. The first kappa shape index (κ1) is 20.5. The third-order valence-electron chi connectivity index (χ3n) is 4.90. The number of carbonyl (C=O) groups excluding carboxylic acids is 3. The Bertz CT molecular complexity index is 1170. The number of halogens is 2. The molecule has 31 heavy (non-hydrogen) atoms. The molecule has 0 bridgehead atoms. The average Bonchev–Trinajstić information content (AvgIpc) is 3.32. The summed E-state index contributed by atoms with van der Waals surface area (Å²) in [6, 6.07) is 9.27. The van der Waals surface area contributed by atoms with Crippen LogP contribution >= 0.6 is 11.6 Å². The quantitative estimate of drug-likeness (QED) is 0.590. The lowest BCUT2D eigenvalue weighted by Crippen LogP contribution is -2.42. The van der Waals surface area contributed by atoms with Gasteiger partial charge < -0.3 is 10.6 Å². The second kappa shape index (κ2) is 7.80. The second-order valence-electron chi connectivity index (χ2n) is 7.00. The Morgan fingerprint density at radius 3 is 2.65 bits per heavy atom. The van der Waals surface area contributed by atoms with Crippen LogP contribution in [0.3, 0.4) is 0 Å². The molecule has 4 rings (SSSR count). The summed E-state index contributed by atoms with van der Waals surface area (Å²) in [6.07, 6.45) is 2.79. The lowest BCUT2D eigenvalue weighted by atomic mass is 9.92. The van der Waals surface area contributed by atoms with Gasteiger partial charge in [-0.1, -0.05) is 23.7 Å². The Hall–Kier alpha value is -3.79. The lowest BCUT2D eigenvalue weighted by Gasteiger charge is -2.22. The highest BCUT2D eigenvalue weighted by Crippen LogP contribution is 2.29. The van der Waals surface area contributed by atoms with E-state index in [1.165, 1.54) is 54.6 Å². The van der Waals surface area contributed by atoms with E-state index < -0.39 is 35.7 Å². The molecule has 3 aromatic rings. The molecule has 158 valence electrons. The van der Waals surface area contributed by atoms with Crippen molar-refractivity contribution in [1.82, 2.24) is 25.0 Å². The standard InChI is InChI=1S/C20H16ClFN6O3/c1-20(12-2-5-14(22)6-3-12)18(30)27(19(31)26-20)9-17(29)25-15-8-13(21)4-7-16(15)28-11-23-10-24-28/h2-8,10-11H,9H2,1H3,(H,25,29)(H,26,31). The van der Waals surface area contributed by atoms with E-state index in [2.05, 4.69) is 20.7 Å². The number of nitrogens with one attached hydrogen (secondary N) is 2. The summed E-state index contributed by atoms with van der Waals surface area (Å²) in [4.78, 5) is 42.7. The summed E-state index contributed by atoms with van der Waals surface area (Å²) in [6.45, 7) is 0.975. The zero-order chi connectivity index (χ0) is 22.2. The number of nitrogens with zero attached hydrogens (tertiary/aromatic N) is 4. The number of urea groups is 1. The van der Waals surface area contributed by atoms with Crippen molar-refractivity contribution in [2.24, 2.45) is 0 Å². The molecular weight excluding hydrogens is 427 g/mol. The van der Waals surface area contributed by atoms with Crippen LogP contribution in [0.25, 0.3) is 5.69 Å². The smallest absolute Gasteiger partial charge is 0.323 e. The van der Waals surface area contributed by atoms with Gasteiger partial charge in [-0.05, 0) is 42.8 Å². The molecule has 1 atom stereocenters. The summed E-state index contributed by atoms with van der Waals surface area (Å²) >= 11 is 6.04. The molecular formula is C20H16ClFN6O3. The average molecular weight is 443 g/mol. The van der Waals surface area contributed by atoms with Crippen molar-refractivity contribution >= 4 is 35.1 Å². The Kier molecular flexibility index (Phi) is 5.15. The van der Waals surface area contributed by atoms with Gasteiger partial charge in [0, 0.05) is 5.02 Å². The Balaban J connectivity index is 1.53. The first-order valence-electron chi connectivity index (χ1n) is 9.12. The fourth-order valence-corrected chi connectivity index (χ4v) is 3.47. The topological polar surface area (TPSA) is 109 Å². The van der Waals surface area contributed by atoms with Gasteiger partial charge in [0.15, 0.2) is 0 Å². The molecule has 11 heteroatoms. The van der Waals surface area contributed by atoms with Crippen molar-refractivity contribution in [2.75, 3.05) is 11.9 Å². The molecule has 0 aliphatic carbocycles. The molecule has 0 saturated carbocycles. The van der Waals surface area contributed by atoms with E-state index in [4.69, 9.17) is 11.6 Å². The number of hydrogen-bond acceptors (Lipinski definition) is 5. The number of aromatic nitrogens is 3. The minimum atomic E-state index is -1.41. The number of benzene rings is 2. The molecule has 4 amide bonds. The number of carbonyl (C=O) groups is 3. The summed E-state index contributed by atoms with van der Waals surface area (Å²) < 4.78 is 14.7. The third-order valence-corrected chi connectivity index (χ3v) is 5.13. The molecule has 0 spiro atoms. The van der Waals surface area contributed by atoms with Crippen molar-refractivity contribution in [1.29, 1.82) is 0 Å². The van der Waals surface area contributed by atoms with Gasteiger partial charge in [-0.25, -0.2) is 18.9 Å². The monoisotopic (exact) mass is 442 g/mol. The fraction of sp³-hybridized carbons (Fsp3) is 0.150. The summed E-state index contributed by atoms with van der Waals surface area (Å²) in [5.74, 6) is -1.71. The first-order valence-corrected chi connectivity index (χ1v) is 9.50. The molecule has 1 fully saturated rings. The van der Waals surface area contributed by atoms with Crippen molar-refractivity contribution in [3.63, 3.8) is 0 Å². The van der Waals surface area contributed by atoms with Gasteiger partial charge in [-0.2, -0.15) is 5.10 Å². The van der Waals surface area contributed by atoms with E-state index in [9.17, 15) is 18.8 Å². The first-order chi connectivity index (χ1) is 14.8. The van der Waals surface area contributed by atoms with Crippen LogP contribution in [0.2, 0.25) is 5.02 Å². The second-order valence-corrected chi connectivity index (χ2v) is 7.44. The maximum absolute atomic E-state index is 13.2. The molecule has 1 unspecified atom stereocenters. The number of rotatable bonds is 5. The molecule has 2 aromatic carbocycles. The van der Waals surface area contributed by atoms with Gasteiger partial charge in [-0.15, -0.1) is 0 Å². The largest absolute Gasteiger partial charge is 0.325 e. The van der Waals surface area contributed by atoms with E-state index in [0.29, 0.717) is 22.0 Å². The molecule has 2 N–H and O–H groups in total. The van der Waals surface area contributed by atoms with Crippen molar-refractivity contribution < 1.29 is 18.8 Å². The number of anilines is 1.